The van der Waals surface area contributed by atoms with E-state index in [0.717, 1.165) is 4.90 Å². The number of likely N-dealkylation sites (tertiary alicyclic amines) is 1. The highest BCUT2D eigenvalue weighted by molar-refractivity contribution is 5.76. The van der Waals surface area contributed by atoms with Gasteiger partial charge in [-0.25, -0.2) is 9.59 Å². The van der Waals surface area contributed by atoms with Crippen LogP contribution in [0, 0.1) is 0 Å². The van der Waals surface area contributed by atoms with E-state index in [1.165, 1.54) is 0 Å². The smallest absolute Gasteiger partial charge is 0.454 e. The number of ether oxygens (including phenoxy) is 1. The van der Waals surface area contributed by atoms with E-state index in [4.69, 9.17) is 5.73 Å². The molecule has 1 saturated heterocycles. The van der Waals surface area contributed by atoms with E-state index in [9.17, 15) is 22.8 Å². The molecular formula is C7H9F3N2O3. The first-order valence-corrected chi connectivity index (χ1v) is 4.13. The van der Waals surface area contributed by atoms with Gasteiger partial charge in [-0.15, -0.1) is 0 Å². The van der Waals surface area contributed by atoms with Gasteiger partial charge >= 0.3 is 18.2 Å². The molecule has 0 bridgehead atoms. The van der Waals surface area contributed by atoms with E-state index in [1.54, 1.807) is 0 Å². The minimum Gasteiger partial charge on any atom is -0.454 e. The molecule has 0 radical (unpaired) electrons. The molecule has 1 atom stereocenters. The van der Waals surface area contributed by atoms with Crippen LogP contribution in [0.3, 0.4) is 0 Å². The predicted octanol–water partition coefficient (Wildman–Crippen LogP) is 0.245. The lowest BCUT2D eigenvalue weighted by Crippen LogP contribution is -2.36. The highest BCUT2D eigenvalue weighted by Crippen LogP contribution is 2.20. The normalized spacial score (nSPS) is 21.5. The summed E-state index contributed by atoms with van der Waals surface area (Å²) in [5.74, 6) is -2.24. The first-order chi connectivity index (χ1) is 6.80. The molecule has 5 nitrogen and oxygen atoms in total. The summed E-state index contributed by atoms with van der Waals surface area (Å²) in [6, 6.07) is -0.736. The SMILES string of the molecule is NC(=O)N1CCC(OC(=O)C(F)(F)F)C1. The van der Waals surface area contributed by atoms with E-state index >= 15 is 0 Å². The van der Waals surface area contributed by atoms with E-state index < -0.39 is 24.3 Å². The number of esters is 1. The van der Waals surface area contributed by atoms with Crippen molar-refractivity contribution in [2.75, 3.05) is 13.1 Å². The average Bonchev–Trinajstić information content (AvgIpc) is 2.50. The van der Waals surface area contributed by atoms with Crippen LogP contribution < -0.4 is 5.73 Å². The lowest BCUT2D eigenvalue weighted by molar-refractivity contribution is -0.204. The van der Waals surface area contributed by atoms with Crippen LogP contribution in [0.25, 0.3) is 0 Å². The van der Waals surface area contributed by atoms with Gasteiger partial charge in [0.1, 0.15) is 6.10 Å². The number of alkyl halides is 3. The van der Waals surface area contributed by atoms with E-state index in [0.29, 0.717) is 0 Å². The molecule has 0 aliphatic carbocycles. The van der Waals surface area contributed by atoms with Crippen LogP contribution in [0.5, 0.6) is 0 Å². The van der Waals surface area contributed by atoms with Crippen LogP contribution in [-0.4, -0.2) is 42.3 Å². The second-order valence-corrected chi connectivity index (χ2v) is 3.10. The first kappa shape index (κ1) is 11.6. The molecule has 15 heavy (non-hydrogen) atoms. The monoisotopic (exact) mass is 226 g/mol. The molecule has 1 aliphatic rings. The Kier molecular flexibility index (Phi) is 3.06. The number of nitrogens with zero attached hydrogens (tertiary/aromatic N) is 1. The Bertz CT molecular complexity index is 279. The van der Waals surface area contributed by atoms with Gasteiger partial charge in [-0.1, -0.05) is 0 Å². The van der Waals surface area contributed by atoms with E-state index in [2.05, 4.69) is 4.74 Å². The lowest BCUT2D eigenvalue weighted by Gasteiger charge is -2.14. The third-order valence-electron chi connectivity index (χ3n) is 1.96. The third kappa shape index (κ3) is 3.00. The van der Waals surface area contributed by atoms with Crippen molar-refractivity contribution in [3.63, 3.8) is 0 Å². The zero-order valence-electron chi connectivity index (χ0n) is 7.58. The van der Waals surface area contributed by atoms with Crippen molar-refractivity contribution in [2.24, 2.45) is 5.73 Å². The van der Waals surface area contributed by atoms with Gasteiger partial charge in [-0.05, 0) is 0 Å². The first-order valence-electron chi connectivity index (χ1n) is 4.13. The molecule has 1 rings (SSSR count). The highest BCUT2D eigenvalue weighted by atomic mass is 19.4. The average molecular weight is 226 g/mol. The number of hydrogen-bond acceptors (Lipinski definition) is 3. The molecular weight excluding hydrogens is 217 g/mol. The summed E-state index contributed by atoms with van der Waals surface area (Å²) >= 11 is 0. The van der Waals surface area contributed by atoms with Crippen molar-refractivity contribution in [1.82, 2.24) is 4.90 Å². The van der Waals surface area contributed by atoms with Crippen molar-refractivity contribution < 1.29 is 27.5 Å². The van der Waals surface area contributed by atoms with Crippen LogP contribution >= 0.6 is 0 Å². The van der Waals surface area contributed by atoms with Crippen molar-refractivity contribution in [1.29, 1.82) is 0 Å². The minimum atomic E-state index is -5.00. The van der Waals surface area contributed by atoms with Crippen molar-refractivity contribution >= 4 is 12.0 Å². The Morgan fingerprint density at radius 1 is 1.40 bits per heavy atom. The van der Waals surface area contributed by atoms with Crippen molar-refractivity contribution in [2.45, 2.75) is 18.7 Å². The van der Waals surface area contributed by atoms with E-state index in [1.807, 2.05) is 0 Å². The lowest BCUT2D eigenvalue weighted by atomic mass is 10.3. The Hall–Kier alpha value is -1.47. The maximum absolute atomic E-state index is 11.8. The molecule has 0 aromatic carbocycles. The summed E-state index contributed by atoms with van der Waals surface area (Å²) in [6.07, 6.45) is -5.75. The summed E-state index contributed by atoms with van der Waals surface area (Å²) in [5, 5.41) is 0. The number of rotatable bonds is 1. The molecule has 1 fully saturated rings. The number of carbonyl (C=O) groups excluding carboxylic acids is 2. The van der Waals surface area contributed by atoms with E-state index in [-0.39, 0.29) is 19.5 Å². The molecule has 0 spiro atoms. The number of nitrogens with two attached hydrogens (primary N) is 1. The molecule has 2 N–H and O–H groups in total. The molecule has 2 amide bonds. The van der Waals surface area contributed by atoms with Crippen LogP contribution in [-0.2, 0) is 9.53 Å². The third-order valence-corrected chi connectivity index (χ3v) is 1.96. The van der Waals surface area contributed by atoms with Gasteiger partial charge in [0.05, 0.1) is 6.54 Å². The molecule has 0 aromatic rings. The fourth-order valence-corrected chi connectivity index (χ4v) is 1.24. The second kappa shape index (κ2) is 3.95. The van der Waals surface area contributed by atoms with Crippen LogP contribution in [0.4, 0.5) is 18.0 Å². The summed E-state index contributed by atoms with van der Waals surface area (Å²) in [4.78, 5) is 22.1. The van der Waals surface area contributed by atoms with Gasteiger partial charge in [-0.2, -0.15) is 13.2 Å². The Morgan fingerprint density at radius 3 is 2.40 bits per heavy atom. The Labute approximate surface area is 83.0 Å². The number of primary amides is 1. The van der Waals surface area contributed by atoms with Crippen LogP contribution in [0.1, 0.15) is 6.42 Å². The molecule has 0 saturated carbocycles. The Balaban J connectivity index is 2.43. The number of hydrogen-bond donors (Lipinski definition) is 1. The number of amides is 2. The fourth-order valence-electron chi connectivity index (χ4n) is 1.24. The standard InChI is InChI=1S/C7H9F3N2O3/c8-7(9,10)5(13)15-4-1-2-12(3-4)6(11)14/h4H,1-3H2,(H2,11,14). The summed E-state index contributed by atoms with van der Waals surface area (Å²) in [6.45, 7) is 0.113. The molecule has 1 unspecified atom stereocenters. The van der Waals surface area contributed by atoms with Gasteiger partial charge in [0.25, 0.3) is 0 Å². The predicted molar refractivity (Wildman–Crippen MR) is 41.7 cm³/mol. The maximum atomic E-state index is 11.8. The summed E-state index contributed by atoms with van der Waals surface area (Å²) < 4.78 is 39.5. The zero-order valence-corrected chi connectivity index (χ0v) is 7.58. The van der Waals surface area contributed by atoms with Crippen LogP contribution in [0.2, 0.25) is 0 Å². The maximum Gasteiger partial charge on any atom is 0.490 e. The fraction of sp³-hybridized carbons (Fsp3) is 0.714. The van der Waals surface area contributed by atoms with Gasteiger partial charge in [-0.3, -0.25) is 0 Å². The number of carbonyl (C=O) groups is 2. The summed E-state index contributed by atoms with van der Waals surface area (Å²) in [7, 11) is 0. The second-order valence-electron chi connectivity index (χ2n) is 3.10. The largest absolute Gasteiger partial charge is 0.490 e. The molecule has 1 aliphatic heterocycles. The number of halogens is 3. The van der Waals surface area contributed by atoms with Crippen molar-refractivity contribution in [3.05, 3.63) is 0 Å². The van der Waals surface area contributed by atoms with Crippen molar-refractivity contribution in [3.8, 4) is 0 Å². The highest BCUT2D eigenvalue weighted by Gasteiger charge is 2.43. The van der Waals surface area contributed by atoms with Gasteiger partial charge in [0.2, 0.25) is 0 Å². The van der Waals surface area contributed by atoms with Gasteiger partial charge in [0.15, 0.2) is 0 Å². The van der Waals surface area contributed by atoms with Crippen LogP contribution in [0.15, 0.2) is 0 Å². The molecule has 8 heteroatoms. The van der Waals surface area contributed by atoms with Gasteiger partial charge < -0.3 is 15.4 Å². The van der Waals surface area contributed by atoms with Gasteiger partial charge in [0, 0.05) is 13.0 Å². The molecule has 0 aromatic heterocycles. The zero-order chi connectivity index (χ0) is 11.6. The number of urea groups is 1. The molecule has 86 valence electrons. The Morgan fingerprint density at radius 2 is 2.00 bits per heavy atom. The summed E-state index contributed by atoms with van der Waals surface area (Å²) in [5.41, 5.74) is 4.90. The quantitative estimate of drug-likeness (QED) is 0.651. The molecule has 1 heterocycles. The topological polar surface area (TPSA) is 72.6 Å². The minimum absolute atomic E-state index is 0.0862.